The summed E-state index contributed by atoms with van der Waals surface area (Å²) >= 11 is 7.08. The van der Waals surface area contributed by atoms with Crippen molar-refractivity contribution < 1.29 is 0 Å². The quantitative estimate of drug-likeness (QED) is 0.536. The maximum absolute atomic E-state index is 7.40. The highest BCUT2D eigenvalue weighted by molar-refractivity contribution is 8.13. The van der Waals surface area contributed by atoms with E-state index < -0.39 is 0 Å². The van der Waals surface area contributed by atoms with Crippen molar-refractivity contribution in [3.05, 3.63) is 29.0 Å². The Morgan fingerprint density at radius 3 is 2.93 bits per heavy atom. The molecular weight excluding hydrogens is 234 g/mol. The van der Waals surface area contributed by atoms with Gasteiger partial charge in [0, 0.05) is 18.1 Å². The fourth-order valence-corrected chi connectivity index (χ4v) is 1.80. The van der Waals surface area contributed by atoms with Gasteiger partial charge in [0.2, 0.25) is 0 Å². The topological polar surface area (TPSA) is 101 Å². The van der Waals surface area contributed by atoms with E-state index >= 15 is 0 Å². The first-order valence-electron chi connectivity index (χ1n) is 3.99. The molecule has 0 spiro atoms. The largest absolute Gasteiger partial charge is 0.370 e. The number of thioether (sulfide) groups is 1. The molecule has 1 rings (SSSR count). The summed E-state index contributed by atoms with van der Waals surface area (Å²) < 4.78 is 0. The Labute approximate surface area is 96.4 Å². The number of amidine groups is 1. The van der Waals surface area contributed by atoms with Crippen molar-refractivity contribution in [3.63, 3.8) is 0 Å². The van der Waals surface area contributed by atoms with Gasteiger partial charge in [-0.2, -0.15) is 4.99 Å². The van der Waals surface area contributed by atoms with Gasteiger partial charge < -0.3 is 11.5 Å². The zero-order valence-corrected chi connectivity index (χ0v) is 9.35. The Morgan fingerprint density at radius 1 is 1.60 bits per heavy atom. The third-order valence-electron chi connectivity index (χ3n) is 1.45. The number of nitrogens with one attached hydrogen (secondary N) is 1. The van der Waals surface area contributed by atoms with E-state index in [-0.39, 0.29) is 11.1 Å². The van der Waals surface area contributed by atoms with Gasteiger partial charge in [-0.25, -0.2) is 0 Å². The molecule has 0 saturated heterocycles. The van der Waals surface area contributed by atoms with Crippen molar-refractivity contribution in [1.29, 1.82) is 5.41 Å². The molecule has 7 heteroatoms. The van der Waals surface area contributed by atoms with Gasteiger partial charge in [0.05, 0.1) is 5.02 Å². The molecule has 0 atom stereocenters. The Balaban J connectivity index is 2.55. The fraction of sp³-hybridized carbons (Fsp3) is 0.125. The van der Waals surface area contributed by atoms with Crippen LogP contribution in [0.25, 0.3) is 0 Å². The molecular formula is C8H10ClN5S. The Bertz CT molecular complexity index is 388. The van der Waals surface area contributed by atoms with E-state index in [2.05, 4.69) is 9.98 Å². The van der Waals surface area contributed by atoms with E-state index in [4.69, 9.17) is 28.5 Å². The Kier molecular flexibility index (Phi) is 4.38. The summed E-state index contributed by atoms with van der Waals surface area (Å²) in [7, 11) is 0. The van der Waals surface area contributed by atoms with Crippen LogP contribution in [0.4, 0.5) is 0 Å². The number of nitrogens with two attached hydrogens (primary N) is 2. The number of pyridine rings is 1. The minimum absolute atomic E-state index is 0.0582. The van der Waals surface area contributed by atoms with Crippen LogP contribution in [-0.2, 0) is 5.75 Å². The smallest absolute Gasteiger partial charge is 0.193 e. The number of aromatic nitrogens is 1. The number of nitrogens with zero attached hydrogens (tertiary/aromatic N) is 2. The minimum Gasteiger partial charge on any atom is -0.370 e. The lowest BCUT2D eigenvalue weighted by molar-refractivity contribution is 1.27. The maximum atomic E-state index is 7.40. The van der Waals surface area contributed by atoms with Gasteiger partial charge in [-0.05, 0) is 11.6 Å². The van der Waals surface area contributed by atoms with Crippen molar-refractivity contribution in [1.82, 2.24) is 4.98 Å². The molecule has 80 valence electrons. The molecule has 0 radical (unpaired) electrons. The summed E-state index contributed by atoms with van der Waals surface area (Å²) in [6, 6.07) is 1.79. The minimum atomic E-state index is -0.117. The highest BCUT2D eigenvalue weighted by Crippen LogP contribution is 2.20. The number of hydrogen-bond acceptors (Lipinski definition) is 3. The van der Waals surface area contributed by atoms with Gasteiger partial charge >= 0.3 is 0 Å². The molecule has 5 nitrogen and oxygen atoms in total. The van der Waals surface area contributed by atoms with Crippen LogP contribution in [0.3, 0.4) is 0 Å². The first-order valence-corrected chi connectivity index (χ1v) is 5.35. The number of hydrogen-bond donors (Lipinski definition) is 3. The second kappa shape index (κ2) is 5.57. The van der Waals surface area contributed by atoms with E-state index in [1.54, 1.807) is 18.5 Å². The van der Waals surface area contributed by atoms with Crippen molar-refractivity contribution in [3.8, 4) is 0 Å². The highest BCUT2D eigenvalue weighted by atomic mass is 35.5. The summed E-state index contributed by atoms with van der Waals surface area (Å²) in [5.74, 6) is 0.421. The summed E-state index contributed by atoms with van der Waals surface area (Å²) in [4.78, 5) is 7.44. The van der Waals surface area contributed by atoms with Crippen LogP contribution in [0, 0.1) is 5.41 Å². The second-order valence-electron chi connectivity index (χ2n) is 2.60. The van der Waals surface area contributed by atoms with Crippen LogP contribution in [0.15, 0.2) is 23.5 Å². The van der Waals surface area contributed by atoms with Crippen LogP contribution in [0.1, 0.15) is 5.56 Å². The normalized spacial score (nSPS) is 9.67. The van der Waals surface area contributed by atoms with Crippen LogP contribution >= 0.6 is 23.4 Å². The molecule has 1 aromatic heterocycles. The van der Waals surface area contributed by atoms with Gasteiger partial charge in [-0.3, -0.25) is 10.4 Å². The average molecular weight is 244 g/mol. The lowest BCUT2D eigenvalue weighted by atomic mass is 10.3. The zero-order chi connectivity index (χ0) is 11.3. The maximum Gasteiger partial charge on any atom is 0.193 e. The molecule has 1 heterocycles. The molecule has 0 aliphatic heterocycles. The van der Waals surface area contributed by atoms with E-state index in [0.717, 1.165) is 5.56 Å². The third kappa shape index (κ3) is 4.18. The summed E-state index contributed by atoms with van der Waals surface area (Å²) in [6.45, 7) is 0. The second-order valence-corrected chi connectivity index (χ2v) is 3.97. The molecule has 0 saturated carbocycles. The molecule has 5 N–H and O–H groups in total. The van der Waals surface area contributed by atoms with Gasteiger partial charge in [0.1, 0.15) is 0 Å². The molecule has 0 bridgehead atoms. The van der Waals surface area contributed by atoms with Crippen LogP contribution in [0.2, 0.25) is 5.02 Å². The van der Waals surface area contributed by atoms with E-state index in [0.29, 0.717) is 10.8 Å². The lowest BCUT2D eigenvalue weighted by Gasteiger charge is -2.01. The first-order chi connectivity index (χ1) is 7.09. The molecule has 15 heavy (non-hydrogen) atoms. The molecule has 0 fully saturated rings. The Hall–Kier alpha value is -1.27. The van der Waals surface area contributed by atoms with Crippen LogP contribution < -0.4 is 11.5 Å². The molecule has 0 aliphatic carbocycles. The van der Waals surface area contributed by atoms with E-state index in [1.165, 1.54) is 11.8 Å². The summed E-state index contributed by atoms with van der Waals surface area (Å²) in [5.41, 5.74) is 11.2. The van der Waals surface area contributed by atoms with Gasteiger partial charge in [0.15, 0.2) is 11.1 Å². The van der Waals surface area contributed by atoms with E-state index in [9.17, 15) is 0 Å². The SMILES string of the molecule is N=C(N=C(N)N)SCc1ccncc1Cl. The summed E-state index contributed by atoms with van der Waals surface area (Å²) in [5, 5.41) is 8.03. The molecule has 0 aliphatic rings. The van der Waals surface area contributed by atoms with Crippen molar-refractivity contribution in [2.24, 2.45) is 16.5 Å². The van der Waals surface area contributed by atoms with Gasteiger partial charge in [0.25, 0.3) is 0 Å². The zero-order valence-electron chi connectivity index (χ0n) is 7.77. The van der Waals surface area contributed by atoms with Crippen molar-refractivity contribution in [2.45, 2.75) is 5.75 Å². The predicted molar refractivity (Wildman–Crippen MR) is 64.1 cm³/mol. The van der Waals surface area contributed by atoms with Crippen molar-refractivity contribution >= 4 is 34.5 Å². The fourth-order valence-electron chi connectivity index (χ4n) is 0.817. The average Bonchev–Trinajstić information content (AvgIpc) is 2.15. The monoisotopic (exact) mass is 243 g/mol. The number of aliphatic imine (C=N–C) groups is 1. The number of halogens is 1. The predicted octanol–water partition coefficient (Wildman–Crippen LogP) is 1.18. The number of rotatable bonds is 2. The highest BCUT2D eigenvalue weighted by Gasteiger charge is 2.02. The lowest BCUT2D eigenvalue weighted by Crippen LogP contribution is -2.23. The first kappa shape index (κ1) is 11.8. The molecule has 0 amide bonds. The van der Waals surface area contributed by atoms with Gasteiger partial charge in [-0.15, -0.1) is 0 Å². The van der Waals surface area contributed by atoms with Crippen LogP contribution in [-0.4, -0.2) is 16.1 Å². The molecule has 1 aromatic rings. The Morgan fingerprint density at radius 2 is 2.33 bits per heavy atom. The molecule has 0 unspecified atom stereocenters. The number of guanidine groups is 1. The third-order valence-corrected chi connectivity index (χ3v) is 2.61. The van der Waals surface area contributed by atoms with E-state index in [1.807, 2.05) is 0 Å². The standard InChI is InChI=1S/C8H10ClN5S/c9-6-3-13-2-1-5(6)4-15-8(12)14-7(10)11/h1-3H,4H2,(H5,10,11,12,14). The van der Waals surface area contributed by atoms with Gasteiger partial charge in [-0.1, -0.05) is 23.4 Å². The molecule has 0 aromatic carbocycles. The van der Waals surface area contributed by atoms with Crippen LogP contribution in [0.5, 0.6) is 0 Å². The summed E-state index contributed by atoms with van der Waals surface area (Å²) in [6.07, 6.45) is 3.20. The van der Waals surface area contributed by atoms with Crippen molar-refractivity contribution in [2.75, 3.05) is 0 Å².